The van der Waals surface area contributed by atoms with Gasteiger partial charge in [-0.2, -0.15) is 0 Å². The largest absolute Gasteiger partial charge is 0.497 e. The van der Waals surface area contributed by atoms with E-state index in [4.69, 9.17) is 15.2 Å². The van der Waals surface area contributed by atoms with Gasteiger partial charge < -0.3 is 25.0 Å². The summed E-state index contributed by atoms with van der Waals surface area (Å²) in [4.78, 5) is 32.9. The van der Waals surface area contributed by atoms with Crippen molar-refractivity contribution >= 4 is 41.2 Å². The van der Waals surface area contributed by atoms with Gasteiger partial charge >= 0.3 is 0 Å². The van der Waals surface area contributed by atoms with Crippen molar-refractivity contribution in [1.29, 1.82) is 0 Å². The molecule has 0 saturated carbocycles. The van der Waals surface area contributed by atoms with Gasteiger partial charge in [0, 0.05) is 43.7 Å². The minimum atomic E-state index is -0.544. The average molecular weight is 427 g/mol. The van der Waals surface area contributed by atoms with Gasteiger partial charge in [-0.1, -0.05) is 0 Å². The summed E-state index contributed by atoms with van der Waals surface area (Å²) < 4.78 is 10.6. The molecular formula is C18H23ClN4O4S. The molecule has 1 aliphatic rings. The first-order valence-electron chi connectivity index (χ1n) is 8.44. The molecule has 3 rings (SSSR count). The van der Waals surface area contributed by atoms with E-state index in [0.717, 1.165) is 0 Å². The standard InChI is InChI=1S/C18H22N4O4S.ClH/c1-21(17(23)14-10-27-16(9-19)20-14)15-4-5-22(18(15)24)11-6-12(25-2)8-13(7-11)26-3;/h6-8,10,15H,4-5,9,19H2,1-3H3;1H. The topological polar surface area (TPSA) is 98.0 Å². The zero-order chi connectivity index (χ0) is 19.6. The summed E-state index contributed by atoms with van der Waals surface area (Å²) >= 11 is 1.34. The number of methoxy groups -OCH3 is 2. The highest BCUT2D eigenvalue weighted by atomic mass is 35.5. The van der Waals surface area contributed by atoms with Crippen LogP contribution in [-0.4, -0.2) is 55.6 Å². The molecule has 1 unspecified atom stereocenters. The normalized spacial score (nSPS) is 15.9. The zero-order valence-electron chi connectivity index (χ0n) is 15.9. The van der Waals surface area contributed by atoms with E-state index in [0.29, 0.717) is 40.9 Å². The van der Waals surface area contributed by atoms with E-state index >= 15 is 0 Å². The minimum Gasteiger partial charge on any atom is -0.497 e. The summed E-state index contributed by atoms with van der Waals surface area (Å²) in [5.74, 6) is 0.772. The van der Waals surface area contributed by atoms with Gasteiger partial charge in [0.05, 0.1) is 19.9 Å². The maximum Gasteiger partial charge on any atom is 0.273 e. The van der Waals surface area contributed by atoms with Crippen LogP contribution in [-0.2, 0) is 11.3 Å². The van der Waals surface area contributed by atoms with E-state index in [1.54, 1.807) is 49.7 Å². The molecule has 0 spiro atoms. The number of nitrogens with two attached hydrogens (primary N) is 1. The Kier molecular flexibility index (Phi) is 7.22. The van der Waals surface area contributed by atoms with Crippen molar-refractivity contribution in [2.75, 3.05) is 32.7 Å². The van der Waals surface area contributed by atoms with Crippen molar-refractivity contribution in [2.24, 2.45) is 5.73 Å². The molecule has 2 heterocycles. The van der Waals surface area contributed by atoms with E-state index < -0.39 is 6.04 Å². The molecule has 1 fully saturated rings. The fourth-order valence-electron chi connectivity index (χ4n) is 3.05. The molecule has 2 aromatic rings. The molecule has 8 nitrogen and oxygen atoms in total. The second-order valence-corrected chi connectivity index (χ2v) is 7.05. The second-order valence-electron chi connectivity index (χ2n) is 6.11. The van der Waals surface area contributed by atoms with E-state index in [9.17, 15) is 9.59 Å². The predicted octanol–water partition coefficient (Wildman–Crippen LogP) is 1.92. The molecule has 1 aromatic heterocycles. The molecule has 10 heteroatoms. The van der Waals surface area contributed by atoms with Gasteiger partial charge in [-0.25, -0.2) is 4.98 Å². The Morgan fingerprint density at radius 1 is 1.32 bits per heavy atom. The van der Waals surface area contributed by atoms with Crippen molar-refractivity contribution < 1.29 is 19.1 Å². The third-order valence-corrected chi connectivity index (χ3v) is 5.43. The van der Waals surface area contributed by atoms with Crippen LogP contribution in [0, 0.1) is 0 Å². The van der Waals surface area contributed by atoms with Crippen LogP contribution in [0.1, 0.15) is 21.9 Å². The number of anilines is 1. The number of benzene rings is 1. The monoisotopic (exact) mass is 426 g/mol. The van der Waals surface area contributed by atoms with Gasteiger partial charge in [0.1, 0.15) is 28.2 Å². The molecule has 0 radical (unpaired) electrons. The molecule has 1 aromatic carbocycles. The number of rotatable bonds is 6. The number of amides is 2. The Labute approximate surface area is 173 Å². The van der Waals surface area contributed by atoms with Crippen LogP contribution in [0.3, 0.4) is 0 Å². The number of thiazole rings is 1. The van der Waals surface area contributed by atoms with Crippen molar-refractivity contribution in [1.82, 2.24) is 9.88 Å². The van der Waals surface area contributed by atoms with Crippen LogP contribution in [0.4, 0.5) is 5.69 Å². The van der Waals surface area contributed by atoms with Crippen molar-refractivity contribution in [3.63, 3.8) is 0 Å². The van der Waals surface area contributed by atoms with Crippen molar-refractivity contribution in [2.45, 2.75) is 19.0 Å². The molecule has 28 heavy (non-hydrogen) atoms. The third-order valence-electron chi connectivity index (χ3n) is 4.56. The van der Waals surface area contributed by atoms with Crippen LogP contribution >= 0.6 is 23.7 Å². The van der Waals surface area contributed by atoms with Gasteiger partial charge in [-0.15, -0.1) is 23.7 Å². The number of carbonyl (C=O) groups excluding carboxylic acids is 2. The van der Waals surface area contributed by atoms with Gasteiger partial charge in [0.25, 0.3) is 5.91 Å². The summed E-state index contributed by atoms with van der Waals surface area (Å²) in [6, 6.07) is 4.75. The highest BCUT2D eigenvalue weighted by Gasteiger charge is 2.38. The molecule has 1 aliphatic heterocycles. The smallest absolute Gasteiger partial charge is 0.273 e. The Balaban J connectivity index is 0.00000280. The van der Waals surface area contributed by atoms with Crippen LogP contribution in [0.5, 0.6) is 11.5 Å². The van der Waals surface area contributed by atoms with E-state index in [2.05, 4.69) is 4.98 Å². The predicted molar refractivity (Wildman–Crippen MR) is 110 cm³/mol. The van der Waals surface area contributed by atoms with Crippen LogP contribution in [0.15, 0.2) is 23.6 Å². The molecule has 152 valence electrons. The maximum absolute atomic E-state index is 13.0. The second kappa shape index (κ2) is 9.22. The Bertz CT molecular complexity index is 838. The molecule has 1 saturated heterocycles. The fourth-order valence-corrected chi connectivity index (χ4v) is 3.70. The maximum atomic E-state index is 13.0. The number of halogens is 1. The molecular weight excluding hydrogens is 404 g/mol. The summed E-state index contributed by atoms with van der Waals surface area (Å²) in [6.07, 6.45) is 0.536. The average Bonchev–Trinajstić information content (AvgIpc) is 3.33. The molecule has 2 amide bonds. The molecule has 0 bridgehead atoms. The van der Waals surface area contributed by atoms with Crippen LogP contribution in [0.2, 0.25) is 0 Å². The minimum absolute atomic E-state index is 0. The SMILES string of the molecule is COc1cc(OC)cc(N2CCC(N(C)C(=O)c3csc(CN)n3)C2=O)c1.Cl. The number of nitrogens with zero attached hydrogens (tertiary/aromatic N) is 3. The van der Waals surface area contributed by atoms with Crippen LogP contribution < -0.4 is 20.1 Å². The number of likely N-dealkylation sites (N-methyl/N-ethyl adjacent to an activating group) is 1. The summed E-state index contributed by atoms with van der Waals surface area (Å²) in [5, 5.41) is 2.36. The van der Waals surface area contributed by atoms with Gasteiger partial charge in [-0.3, -0.25) is 9.59 Å². The zero-order valence-corrected chi connectivity index (χ0v) is 17.5. The fraction of sp³-hybridized carbons (Fsp3) is 0.389. The van der Waals surface area contributed by atoms with E-state index in [1.807, 2.05) is 0 Å². The lowest BCUT2D eigenvalue weighted by Crippen LogP contribution is -2.43. The lowest BCUT2D eigenvalue weighted by atomic mass is 10.2. The summed E-state index contributed by atoms with van der Waals surface area (Å²) in [6.45, 7) is 0.790. The van der Waals surface area contributed by atoms with Gasteiger partial charge in [0.15, 0.2) is 0 Å². The van der Waals surface area contributed by atoms with Gasteiger partial charge in [-0.05, 0) is 6.42 Å². The first-order chi connectivity index (χ1) is 13.0. The highest BCUT2D eigenvalue weighted by molar-refractivity contribution is 7.09. The quantitative estimate of drug-likeness (QED) is 0.757. The molecule has 2 N–H and O–H groups in total. The Morgan fingerprint density at radius 2 is 1.96 bits per heavy atom. The third kappa shape index (κ3) is 4.21. The van der Waals surface area contributed by atoms with Gasteiger partial charge in [0.2, 0.25) is 5.91 Å². The lowest BCUT2D eigenvalue weighted by Gasteiger charge is -2.23. The molecule has 1 atom stereocenters. The number of carbonyl (C=O) groups is 2. The number of hydrogen-bond acceptors (Lipinski definition) is 7. The number of aromatic nitrogens is 1. The summed E-state index contributed by atoms with van der Waals surface area (Å²) in [7, 11) is 4.74. The van der Waals surface area contributed by atoms with E-state index in [-0.39, 0.29) is 30.8 Å². The summed E-state index contributed by atoms with van der Waals surface area (Å²) in [5.41, 5.74) is 6.55. The lowest BCUT2D eigenvalue weighted by molar-refractivity contribution is -0.120. The van der Waals surface area contributed by atoms with Crippen LogP contribution in [0.25, 0.3) is 0 Å². The van der Waals surface area contributed by atoms with Crippen molar-refractivity contribution in [3.05, 3.63) is 34.3 Å². The van der Waals surface area contributed by atoms with Crippen molar-refractivity contribution in [3.8, 4) is 11.5 Å². The Hall–Kier alpha value is -2.36. The van der Waals surface area contributed by atoms with E-state index in [1.165, 1.54) is 16.2 Å². The number of hydrogen-bond donors (Lipinski definition) is 1. The first kappa shape index (κ1) is 21.9. The number of ether oxygens (including phenoxy) is 2. The molecule has 0 aliphatic carbocycles. The highest BCUT2D eigenvalue weighted by Crippen LogP contribution is 2.32. The first-order valence-corrected chi connectivity index (χ1v) is 9.32. The Morgan fingerprint density at radius 3 is 2.50 bits per heavy atom.